The molecule has 3 rings (SSSR count). The summed E-state index contributed by atoms with van der Waals surface area (Å²) < 4.78 is 0. The van der Waals surface area contributed by atoms with Crippen molar-refractivity contribution in [2.75, 3.05) is 18.0 Å². The van der Waals surface area contributed by atoms with Gasteiger partial charge in [0.2, 0.25) is 0 Å². The van der Waals surface area contributed by atoms with Crippen LogP contribution in [0.15, 0.2) is 0 Å². The van der Waals surface area contributed by atoms with E-state index in [2.05, 4.69) is 21.8 Å². The minimum absolute atomic E-state index is 0.289. The van der Waals surface area contributed by atoms with E-state index in [1.807, 2.05) is 6.92 Å². The Hall–Kier alpha value is -1.65. The number of aliphatic carboxylic acids is 1. The fourth-order valence-corrected chi connectivity index (χ4v) is 3.66. The highest BCUT2D eigenvalue weighted by molar-refractivity contribution is 5.71. The van der Waals surface area contributed by atoms with Crippen LogP contribution in [0.5, 0.6) is 0 Å². The van der Waals surface area contributed by atoms with Gasteiger partial charge in [-0.1, -0.05) is 6.92 Å². The number of carboxylic acids is 1. The largest absolute Gasteiger partial charge is 0.481 e. The molecule has 5 nitrogen and oxygen atoms in total. The lowest BCUT2D eigenvalue weighted by Gasteiger charge is -2.37. The maximum Gasteiger partial charge on any atom is 0.308 e. The van der Waals surface area contributed by atoms with Crippen LogP contribution < -0.4 is 4.90 Å². The second-order valence-electron chi connectivity index (χ2n) is 6.51. The van der Waals surface area contributed by atoms with Gasteiger partial charge in [-0.25, -0.2) is 9.97 Å². The first kappa shape index (κ1) is 14.3. The number of rotatable bonds is 2. The number of hydrogen-bond acceptors (Lipinski definition) is 4. The standard InChI is InChI=1S/C16H23N3O2/c1-10-7-12(16(20)21)9-19(8-10)15-13-5-3-4-6-14(13)17-11(2)18-15/h10,12H,3-9H2,1-2H3,(H,20,21)/t10-,12-/m1/s1. The third-order valence-corrected chi connectivity index (χ3v) is 4.58. The molecule has 1 aliphatic heterocycles. The van der Waals surface area contributed by atoms with Crippen molar-refractivity contribution in [1.29, 1.82) is 0 Å². The average Bonchev–Trinajstić information content (AvgIpc) is 2.45. The average molecular weight is 289 g/mol. The summed E-state index contributed by atoms with van der Waals surface area (Å²) >= 11 is 0. The first-order chi connectivity index (χ1) is 10.0. The number of piperidine rings is 1. The molecule has 1 saturated heterocycles. The highest BCUT2D eigenvalue weighted by Crippen LogP contribution is 2.32. The van der Waals surface area contributed by atoms with E-state index in [4.69, 9.17) is 0 Å². The Morgan fingerprint density at radius 1 is 1.24 bits per heavy atom. The number of nitrogens with zero attached hydrogens (tertiary/aromatic N) is 3. The summed E-state index contributed by atoms with van der Waals surface area (Å²) in [5.41, 5.74) is 2.43. The molecule has 0 radical (unpaired) electrons. The van der Waals surface area contributed by atoms with Crippen molar-refractivity contribution in [3.05, 3.63) is 17.1 Å². The molecule has 21 heavy (non-hydrogen) atoms. The number of fused-ring (bicyclic) bond motifs is 1. The second-order valence-corrected chi connectivity index (χ2v) is 6.51. The summed E-state index contributed by atoms with van der Waals surface area (Å²) in [6.45, 7) is 5.53. The molecule has 1 N–H and O–H groups in total. The predicted molar refractivity (Wildman–Crippen MR) is 80.5 cm³/mol. The zero-order chi connectivity index (χ0) is 15.0. The van der Waals surface area contributed by atoms with Crippen LogP contribution in [0.2, 0.25) is 0 Å². The van der Waals surface area contributed by atoms with E-state index in [-0.39, 0.29) is 5.92 Å². The van der Waals surface area contributed by atoms with Crippen molar-refractivity contribution in [1.82, 2.24) is 9.97 Å². The van der Waals surface area contributed by atoms with Crippen LogP contribution in [-0.4, -0.2) is 34.1 Å². The summed E-state index contributed by atoms with van der Waals surface area (Å²) in [6, 6.07) is 0. The third kappa shape index (κ3) is 2.87. The topological polar surface area (TPSA) is 66.3 Å². The van der Waals surface area contributed by atoms with Crippen molar-refractivity contribution >= 4 is 11.8 Å². The molecule has 2 heterocycles. The van der Waals surface area contributed by atoms with Crippen LogP contribution >= 0.6 is 0 Å². The number of carbonyl (C=O) groups is 1. The number of aromatic nitrogens is 2. The summed E-state index contributed by atoms with van der Waals surface area (Å²) in [4.78, 5) is 22.8. The van der Waals surface area contributed by atoms with E-state index in [9.17, 15) is 9.90 Å². The molecule has 0 bridgehead atoms. The highest BCUT2D eigenvalue weighted by atomic mass is 16.4. The van der Waals surface area contributed by atoms with E-state index in [0.717, 1.165) is 37.4 Å². The van der Waals surface area contributed by atoms with E-state index < -0.39 is 5.97 Å². The lowest BCUT2D eigenvalue weighted by Crippen LogP contribution is -2.43. The molecular weight excluding hydrogens is 266 g/mol. The Morgan fingerprint density at radius 2 is 2.00 bits per heavy atom. The normalized spacial score (nSPS) is 25.5. The van der Waals surface area contributed by atoms with Crippen LogP contribution in [0.25, 0.3) is 0 Å². The summed E-state index contributed by atoms with van der Waals surface area (Å²) in [6.07, 6.45) is 5.18. The van der Waals surface area contributed by atoms with Gasteiger partial charge in [-0.3, -0.25) is 4.79 Å². The van der Waals surface area contributed by atoms with Crippen LogP contribution in [0.3, 0.4) is 0 Å². The second kappa shape index (κ2) is 5.62. The number of carboxylic acid groups (broad SMARTS) is 1. The van der Waals surface area contributed by atoms with Gasteiger partial charge < -0.3 is 10.0 Å². The van der Waals surface area contributed by atoms with E-state index >= 15 is 0 Å². The molecule has 0 amide bonds. The molecule has 1 fully saturated rings. The summed E-state index contributed by atoms with van der Waals surface area (Å²) in [7, 11) is 0. The van der Waals surface area contributed by atoms with Crippen LogP contribution in [0.1, 0.15) is 43.3 Å². The van der Waals surface area contributed by atoms with Gasteiger partial charge in [-0.2, -0.15) is 0 Å². The van der Waals surface area contributed by atoms with Crippen molar-refractivity contribution in [2.24, 2.45) is 11.8 Å². The smallest absolute Gasteiger partial charge is 0.308 e. The zero-order valence-corrected chi connectivity index (χ0v) is 12.8. The van der Waals surface area contributed by atoms with Gasteiger partial charge >= 0.3 is 5.97 Å². The SMILES string of the molecule is Cc1nc2c(c(N3C[C@H](C)C[C@@H](C(=O)O)C3)n1)CCCC2. The van der Waals surface area contributed by atoms with Crippen molar-refractivity contribution in [3.63, 3.8) is 0 Å². The molecule has 2 atom stereocenters. The van der Waals surface area contributed by atoms with Crippen LogP contribution in [0.4, 0.5) is 5.82 Å². The summed E-state index contributed by atoms with van der Waals surface area (Å²) in [5.74, 6) is 1.20. The van der Waals surface area contributed by atoms with E-state index in [1.54, 1.807) is 0 Å². The van der Waals surface area contributed by atoms with Gasteiger partial charge in [-0.15, -0.1) is 0 Å². The molecule has 5 heteroatoms. The van der Waals surface area contributed by atoms with Crippen molar-refractivity contribution < 1.29 is 9.90 Å². The Morgan fingerprint density at radius 3 is 2.76 bits per heavy atom. The molecule has 1 aromatic heterocycles. The quantitative estimate of drug-likeness (QED) is 0.904. The monoisotopic (exact) mass is 289 g/mol. The lowest BCUT2D eigenvalue weighted by molar-refractivity contribution is -0.142. The van der Waals surface area contributed by atoms with Crippen LogP contribution in [0, 0.1) is 18.8 Å². The maximum atomic E-state index is 11.4. The molecule has 0 saturated carbocycles. The molecule has 1 aliphatic carbocycles. The molecule has 2 aliphatic rings. The maximum absolute atomic E-state index is 11.4. The third-order valence-electron chi connectivity index (χ3n) is 4.58. The Bertz CT molecular complexity index is 559. The first-order valence-corrected chi connectivity index (χ1v) is 7.88. The molecule has 0 unspecified atom stereocenters. The highest BCUT2D eigenvalue weighted by Gasteiger charge is 2.32. The lowest BCUT2D eigenvalue weighted by atomic mass is 9.89. The molecule has 0 spiro atoms. The number of anilines is 1. The minimum Gasteiger partial charge on any atom is -0.481 e. The molecule has 114 valence electrons. The van der Waals surface area contributed by atoms with Gasteiger partial charge in [0.1, 0.15) is 11.6 Å². The van der Waals surface area contributed by atoms with Crippen molar-refractivity contribution in [2.45, 2.75) is 46.0 Å². The van der Waals surface area contributed by atoms with Crippen molar-refractivity contribution in [3.8, 4) is 0 Å². The van der Waals surface area contributed by atoms with E-state index in [1.165, 1.54) is 24.1 Å². The van der Waals surface area contributed by atoms with Gasteiger partial charge in [0.25, 0.3) is 0 Å². The fourth-order valence-electron chi connectivity index (χ4n) is 3.66. The van der Waals surface area contributed by atoms with Gasteiger partial charge in [0.05, 0.1) is 5.92 Å². The number of hydrogen-bond donors (Lipinski definition) is 1. The predicted octanol–water partition coefficient (Wildman–Crippen LogP) is 2.21. The Kier molecular flexibility index (Phi) is 3.83. The van der Waals surface area contributed by atoms with Gasteiger partial charge in [-0.05, 0) is 44.9 Å². The van der Waals surface area contributed by atoms with Crippen LogP contribution in [-0.2, 0) is 17.6 Å². The van der Waals surface area contributed by atoms with Gasteiger partial charge in [0, 0.05) is 24.3 Å². The molecule has 0 aromatic carbocycles. The first-order valence-electron chi connectivity index (χ1n) is 7.88. The Labute approximate surface area is 125 Å². The fraction of sp³-hybridized carbons (Fsp3) is 0.688. The summed E-state index contributed by atoms with van der Waals surface area (Å²) in [5, 5.41) is 9.35. The molecular formula is C16H23N3O2. The Balaban J connectivity index is 1.95. The van der Waals surface area contributed by atoms with E-state index in [0.29, 0.717) is 12.5 Å². The zero-order valence-electron chi connectivity index (χ0n) is 12.8. The number of aryl methyl sites for hydroxylation is 2. The minimum atomic E-state index is -0.689. The van der Waals surface area contributed by atoms with Gasteiger partial charge in [0.15, 0.2) is 0 Å². The molecule has 1 aromatic rings.